The molecule has 0 aliphatic heterocycles. The van der Waals surface area contributed by atoms with Crippen molar-refractivity contribution < 1.29 is 0 Å². The number of thiazole rings is 1. The number of benzene rings is 1. The number of anilines is 1. The quantitative estimate of drug-likeness (QED) is 0.677. The lowest BCUT2D eigenvalue weighted by Crippen LogP contribution is -2.06. The van der Waals surface area contributed by atoms with Crippen molar-refractivity contribution in [1.29, 1.82) is 0 Å². The van der Waals surface area contributed by atoms with E-state index >= 15 is 0 Å². The Labute approximate surface area is 107 Å². The first-order valence-corrected chi connectivity index (χ1v) is 6.53. The Balaban J connectivity index is 1.88. The lowest BCUT2D eigenvalue weighted by Gasteiger charge is -2.12. The van der Waals surface area contributed by atoms with Crippen LogP contribution in [0.2, 0.25) is 0 Å². The zero-order valence-electron chi connectivity index (χ0n) is 9.73. The highest BCUT2D eigenvalue weighted by Crippen LogP contribution is 2.21. The van der Waals surface area contributed by atoms with Gasteiger partial charge in [0.05, 0.1) is 28.3 Å². The fraction of sp³-hybridized carbons (Fsp3) is 0.167. The molecule has 1 unspecified atom stereocenters. The summed E-state index contributed by atoms with van der Waals surface area (Å²) in [4.78, 5) is 20.9. The number of nitrogens with one attached hydrogen (secondary N) is 3. The van der Waals surface area contributed by atoms with E-state index in [0.29, 0.717) is 0 Å². The number of rotatable bonds is 3. The van der Waals surface area contributed by atoms with Crippen molar-refractivity contribution in [2.45, 2.75) is 13.0 Å². The summed E-state index contributed by atoms with van der Waals surface area (Å²) in [6.45, 7) is 2.05. The molecule has 1 aromatic carbocycles. The molecule has 18 heavy (non-hydrogen) atoms. The minimum absolute atomic E-state index is 0.138. The normalized spacial score (nSPS) is 12.7. The van der Waals surface area contributed by atoms with Gasteiger partial charge in [0, 0.05) is 11.1 Å². The summed E-state index contributed by atoms with van der Waals surface area (Å²) in [5.74, 6) is 0. The average Bonchev–Trinajstić information content (AvgIpc) is 2.95. The van der Waals surface area contributed by atoms with E-state index in [1.165, 1.54) is 0 Å². The first-order valence-electron chi connectivity index (χ1n) is 5.59. The zero-order valence-corrected chi connectivity index (χ0v) is 10.5. The lowest BCUT2D eigenvalue weighted by molar-refractivity contribution is 0.850. The molecule has 6 heteroatoms. The van der Waals surface area contributed by atoms with Crippen LogP contribution >= 0.6 is 11.3 Å². The Morgan fingerprint density at radius 2 is 2.17 bits per heavy atom. The molecule has 1 atom stereocenters. The third kappa shape index (κ3) is 2.02. The van der Waals surface area contributed by atoms with Crippen LogP contribution in [0.4, 0.5) is 5.69 Å². The van der Waals surface area contributed by atoms with Crippen LogP contribution in [0.5, 0.6) is 0 Å². The first kappa shape index (κ1) is 11.0. The number of hydrogen-bond acceptors (Lipinski definition) is 4. The Morgan fingerprint density at radius 3 is 2.94 bits per heavy atom. The molecule has 3 rings (SSSR count). The fourth-order valence-electron chi connectivity index (χ4n) is 1.88. The molecule has 3 N–H and O–H groups in total. The molecule has 3 aromatic rings. The van der Waals surface area contributed by atoms with Crippen molar-refractivity contribution in [2.75, 3.05) is 5.32 Å². The molecule has 0 fully saturated rings. The molecule has 5 nitrogen and oxygen atoms in total. The van der Waals surface area contributed by atoms with E-state index in [2.05, 4.69) is 27.2 Å². The van der Waals surface area contributed by atoms with Crippen molar-refractivity contribution in [2.24, 2.45) is 0 Å². The van der Waals surface area contributed by atoms with Gasteiger partial charge in [-0.3, -0.25) is 0 Å². The van der Waals surface area contributed by atoms with Crippen molar-refractivity contribution >= 4 is 28.1 Å². The van der Waals surface area contributed by atoms with Crippen molar-refractivity contribution in [3.05, 3.63) is 45.3 Å². The first-order chi connectivity index (χ1) is 8.72. The molecular formula is C12H12N4OS. The Hall–Kier alpha value is -2.08. The van der Waals surface area contributed by atoms with E-state index in [0.717, 1.165) is 22.4 Å². The molecule has 92 valence electrons. The SMILES string of the molecule is CC(Nc1ccc2[nH]c(=O)[nH]c2c1)c1cscn1. The number of hydrogen-bond donors (Lipinski definition) is 3. The third-order valence-corrected chi connectivity index (χ3v) is 3.40. The predicted octanol–water partition coefficient (Wildman–Crippen LogP) is 2.49. The molecule has 0 spiro atoms. The van der Waals surface area contributed by atoms with E-state index in [9.17, 15) is 4.79 Å². The van der Waals surface area contributed by atoms with Crippen molar-refractivity contribution in [3.8, 4) is 0 Å². The summed E-state index contributed by atoms with van der Waals surface area (Å²) in [6, 6.07) is 5.87. The number of fused-ring (bicyclic) bond motifs is 1. The van der Waals surface area contributed by atoms with Crippen molar-refractivity contribution in [1.82, 2.24) is 15.0 Å². The monoisotopic (exact) mass is 260 g/mol. The van der Waals surface area contributed by atoms with Gasteiger partial charge in [0.2, 0.25) is 0 Å². The van der Waals surface area contributed by atoms with Crippen LogP contribution in [0, 0.1) is 0 Å². The molecular weight excluding hydrogens is 248 g/mol. The number of nitrogens with zero attached hydrogens (tertiary/aromatic N) is 1. The van der Waals surface area contributed by atoms with Gasteiger partial charge in [0.25, 0.3) is 0 Å². The molecule has 0 saturated carbocycles. The van der Waals surface area contributed by atoms with Crippen LogP contribution in [-0.2, 0) is 0 Å². The van der Waals surface area contributed by atoms with Crippen LogP contribution in [0.25, 0.3) is 11.0 Å². The minimum Gasteiger partial charge on any atom is -0.377 e. The van der Waals surface area contributed by atoms with E-state index in [4.69, 9.17) is 0 Å². The van der Waals surface area contributed by atoms with E-state index in [-0.39, 0.29) is 11.7 Å². The Morgan fingerprint density at radius 1 is 1.33 bits per heavy atom. The van der Waals surface area contributed by atoms with E-state index < -0.39 is 0 Å². The standard InChI is InChI=1S/C12H12N4OS/c1-7(11-5-18-6-13-11)14-8-2-3-9-10(4-8)16-12(17)15-9/h2-7,14H,1H3,(H2,15,16,17). The summed E-state index contributed by atoms with van der Waals surface area (Å²) < 4.78 is 0. The van der Waals surface area contributed by atoms with Crippen LogP contribution in [0.15, 0.2) is 33.9 Å². The summed E-state index contributed by atoms with van der Waals surface area (Å²) in [5.41, 5.74) is 5.22. The van der Waals surface area contributed by atoms with Gasteiger partial charge in [0.15, 0.2) is 0 Å². The Bertz CT molecular complexity index is 713. The maximum atomic E-state index is 11.2. The zero-order chi connectivity index (χ0) is 12.5. The van der Waals surface area contributed by atoms with Gasteiger partial charge in [-0.15, -0.1) is 11.3 Å². The maximum absolute atomic E-state index is 11.2. The minimum atomic E-state index is -0.185. The molecule has 2 aromatic heterocycles. The summed E-state index contributed by atoms with van der Waals surface area (Å²) >= 11 is 1.58. The highest BCUT2D eigenvalue weighted by atomic mass is 32.1. The largest absolute Gasteiger partial charge is 0.377 e. The number of imidazole rings is 1. The van der Waals surface area contributed by atoms with Gasteiger partial charge in [-0.05, 0) is 25.1 Å². The van der Waals surface area contributed by atoms with Crippen LogP contribution < -0.4 is 11.0 Å². The van der Waals surface area contributed by atoms with Gasteiger partial charge in [-0.2, -0.15) is 0 Å². The molecule has 0 aliphatic carbocycles. The van der Waals surface area contributed by atoms with Gasteiger partial charge < -0.3 is 15.3 Å². The smallest absolute Gasteiger partial charge is 0.323 e. The molecule has 0 saturated heterocycles. The highest BCUT2D eigenvalue weighted by Gasteiger charge is 2.07. The molecule has 0 amide bonds. The van der Waals surface area contributed by atoms with Gasteiger partial charge in [-0.25, -0.2) is 9.78 Å². The second-order valence-corrected chi connectivity index (χ2v) is 4.84. The molecule has 2 heterocycles. The second-order valence-electron chi connectivity index (χ2n) is 4.12. The van der Waals surface area contributed by atoms with Gasteiger partial charge >= 0.3 is 5.69 Å². The topological polar surface area (TPSA) is 73.6 Å². The predicted molar refractivity (Wildman–Crippen MR) is 73.1 cm³/mol. The fourth-order valence-corrected chi connectivity index (χ4v) is 2.53. The van der Waals surface area contributed by atoms with Crippen LogP contribution in [0.3, 0.4) is 0 Å². The van der Waals surface area contributed by atoms with E-state index in [1.807, 2.05) is 29.1 Å². The van der Waals surface area contributed by atoms with Gasteiger partial charge in [-0.1, -0.05) is 0 Å². The van der Waals surface area contributed by atoms with Crippen LogP contribution in [0.1, 0.15) is 18.7 Å². The Kier molecular flexibility index (Phi) is 2.64. The molecule has 0 aliphatic rings. The molecule has 0 bridgehead atoms. The molecule has 0 radical (unpaired) electrons. The number of aromatic nitrogens is 3. The summed E-state index contributed by atoms with van der Waals surface area (Å²) in [7, 11) is 0. The highest BCUT2D eigenvalue weighted by molar-refractivity contribution is 7.07. The van der Waals surface area contributed by atoms with E-state index in [1.54, 1.807) is 11.3 Å². The summed E-state index contributed by atoms with van der Waals surface area (Å²) in [5, 5.41) is 5.38. The number of aromatic amines is 2. The summed E-state index contributed by atoms with van der Waals surface area (Å²) in [6.07, 6.45) is 0. The van der Waals surface area contributed by atoms with Crippen LogP contribution in [-0.4, -0.2) is 15.0 Å². The maximum Gasteiger partial charge on any atom is 0.323 e. The van der Waals surface area contributed by atoms with Crippen molar-refractivity contribution in [3.63, 3.8) is 0 Å². The van der Waals surface area contributed by atoms with Gasteiger partial charge in [0.1, 0.15) is 0 Å². The number of H-pyrrole nitrogens is 2. The third-order valence-electron chi connectivity index (χ3n) is 2.79. The lowest BCUT2D eigenvalue weighted by atomic mass is 10.2. The second kappa shape index (κ2) is 4.30. The average molecular weight is 260 g/mol.